The molecular formula is C29H42N2O9Si. The maximum Gasteiger partial charge on any atom is 0.411 e. The molecule has 4 aliphatic heterocycles. The molecule has 1 amide bonds. The molecule has 4 atom stereocenters. The van der Waals surface area contributed by atoms with Crippen molar-refractivity contribution in [2.75, 3.05) is 25.3 Å². The lowest BCUT2D eigenvalue weighted by molar-refractivity contribution is -0.417. The first kappa shape index (κ1) is 29.8. The minimum atomic E-state index is -2.50. The Morgan fingerprint density at radius 1 is 1.12 bits per heavy atom. The summed E-state index contributed by atoms with van der Waals surface area (Å²) in [6.07, 6.45) is 0.256. The van der Waals surface area contributed by atoms with Crippen LogP contribution in [0, 0.1) is 0 Å². The summed E-state index contributed by atoms with van der Waals surface area (Å²) in [4.78, 5) is 47.9. The Hall–Kier alpha value is -2.67. The van der Waals surface area contributed by atoms with E-state index in [1.165, 1.54) is 7.11 Å². The second-order valence-electron chi connectivity index (χ2n) is 14.3. The zero-order valence-electron chi connectivity index (χ0n) is 25.9. The molecule has 12 heteroatoms. The highest BCUT2D eigenvalue weighted by atomic mass is 28.4. The van der Waals surface area contributed by atoms with Gasteiger partial charge in [0.2, 0.25) is 14.1 Å². The molecule has 4 aliphatic rings. The summed E-state index contributed by atoms with van der Waals surface area (Å²) in [5.41, 5.74) is -1.05. The van der Waals surface area contributed by atoms with E-state index >= 15 is 0 Å². The number of aldehydes is 1. The van der Waals surface area contributed by atoms with E-state index in [-0.39, 0.29) is 29.8 Å². The Bertz CT molecular complexity index is 1300. The summed E-state index contributed by atoms with van der Waals surface area (Å²) >= 11 is 0. The molecule has 5 rings (SSSR count). The van der Waals surface area contributed by atoms with Gasteiger partial charge in [0.1, 0.15) is 29.1 Å². The molecule has 226 valence electrons. The SMILES string of the molecule is COC(=O)c1cc(O[Si](C)(C)C(C)(C)C)c2c(c1)N1C[C@H]3[C@H](N3C(=O)OC(C)(C)C)[C@]3(O1)OC(C)(C)OC[C@@]23C=O. The lowest BCUT2D eigenvalue weighted by Crippen LogP contribution is -2.75. The number of benzene rings is 1. The van der Waals surface area contributed by atoms with Crippen molar-refractivity contribution in [3.8, 4) is 5.75 Å². The van der Waals surface area contributed by atoms with Crippen LogP contribution in [0.15, 0.2) is 12.1 Å². The molecule has 3 fully saturated rings. The molecule has 0 saturated carbocycles. The van der Waals surface area contributed by atoms with Gasteiger partial charge in [-0.25, -0.2) is 19.5 Å². The largest absolute Gasteiger partial charge is 0.543 e. The van der Waals surface area contributed by atoms with Gasteiger partial charge in [-0.2, -0.15) is 0 Å². The Morgan fingerprint density at radius 2 is 1.78 bits per heavy atom. The van der Waals surface area contributed by atoms with Gasteiger partial charge in [-0.05, 0) is 64.9 Å². The van der Waals surface area contributed by atoms with Gasteiger partial charge in [0, 0.05) is 5.56 Å². The van der Waals surface area contributed by atoms with Crippen LogP contribution in [0.2, 0.25) is 18.1 Å². The lowest BCUT2D eigenvalue weighted by Gasteiger charge is -2.59. The molecule has 1 aromatic rings. The number of amides is 1. The number of rotatable bonds is 4. The molecule has 0 unspecified atom stereocenters. The van der Waals surface area contributed by atoms with E-state index in [1.807, 2.05) is 0 Å². The normalized spacial score (nSPS) is 29.9. The second kappa shape index (κ2) is 8.92. The van der Waals surface area contributed by atoms with E-state index in [4.69, 9.17) is 28.2 Å². The van der Waals surface area contributed by atoms with Crippen LogP contribution in [0.1, 0.15) is 71.3 Å². The van der Waals surface area contributed by atoms with Crippen LogP contribution < -0.4 is 9.49 Å². The van der Waals surface area contributed by atoms with E-state index in [1.54, 1.807) is 56.7 Å². The fourth-order valence-electron chi connectivity index (χ4n) is 5.75. The highest BCUT2D eigenvalue weighted by Crippen LogP contribution is 2.63. The number of methoxy groups -OCH3 is 1. The summed E-state index contributed by atoms with van der Waals surface area (Å²) in [6, 6.07) is 2.26. The van der Waals surface area contributed by atoms with Gasteiger partial charge in [0.15, 0.2) is 5.79 Å². The highest BCUT2D eigenvalue weighted by Gasteiger charge is 2.81. The topological polar surface area (TPSA) is 113 Å². The Kier molecular flexibility index (Phi) is 6.48. The van der Waals surface area contributed by atoms with Crippen LogP contribution in [0.4, 0.5) is 10.5 Å². The highest BCUT2D eigenvalue weighted by molar-refractivity contribution is 6.74. The Morgan fingerprint density at radius 3 is 2.34 bits per heavy atom. The van der Waals surface area contributed by atoms with E-state index in [0.29, 0.717) is 17.0 Å². The predicted molar refractivity (Wildman–Crippen MR) is 151 cm³/mol. The molecule has 41 heavy (non-hydrogen) atoms. The van der Waals surface area contributed by atoms with E-state index in [0.717, 1.165) is 6.29 Å². The standard InChI is InChI=1S/C29H42N2O9Si/c1-25(2,3)37-24(34)31-19-14-30-18-12-17(23(33)35-9)13-20(38-41(10,11)26(4,5)6)21(18)28(15-32)16-36-27(7,8)39-29(28,40-30)22(19)31/h12-13,15,19,22H,14,16H2,1-11H3/t19-,22-,28-,29+,31?/m0/s1. The smallest absolute Gasteiger partial charge is 0.411 e. The first-order valence-corrected chi connectivity index (χ1v) is 16.9. The summed E-state index contributed by atoms with van der Waals surface area (Å²) in [5.74, 6) is -2.96. The van der Waals surface area contributed by atoms with E-state index in [9.17, 15) is 14.4 Å². The lowest BCUT2D eigenvalue weighted by atomic mass is 9.68. The average Bonchev–Trinajstić information content (AvgIpc) is 3.56. The minimum absolute atomic E-state index is 0.0961. The zero-order chi connectivity index (χ0) is 30.6. The van der Waals surface area contributed by atoms with E-state index < -0.39 is 49.0 Å². The van der Waals surface area contributed by atoms with E-state index in [2.05, 4.69) is 33.9 Å². The fourth-order valence-corrected chi connectivity index (χ4v) is 6.77. The predicted octanol–water partition coefficient (Wildman–Crippen LogP) is 4.53. The molecule has 11 nitrogen and oxygen atoms in total. The van der Waals surface area contributed by atoms with Crippen LogP contribution in [0.3, 0.4) is 0 Å². The number of nitrogens with zero attached hydrogens (tertiary/aromatic N) is 2. The maximum absolute atomic E-state index is 13.5. The van der Waals surface area contributed by atoms with Crippen LogP contribution in [0.25, 0.3) is 0 Å². The van der Waals surface area contributed by atoms with Crippen molar-refractivity contribution in [2.45, 2.75) is 108 Å². The number of fused-ring (bicyclic) bond motifs is 5. The number of carbonyl (C=O) groups excluding carboxylic acids is 3. The minimum Gasteiger partial charge on any atom is -0.543 e. The number of hydrogen-bond donors (Lipinski definition) is 0. The Balaban J connectivity index is 1.75. The monoisotopic (exact) mass is 590 g/mol. The second-order valence-corrected chi connectivity index (χ2v) is 19.0. The van der Waals surface area contributed by atoms with Crippen molar-refractivity contribution in [2.24, 2.45) is 0 Å². The van der Waals surface area contributed by atoms with Gasteiger partial charge in [-0.15, -0.1) is 0 Å². The quantitative estimate of drug-likeness (QED) is 0.215. The number of hydrogen-bond acceptors (Lipinski definition) is 10. The van der Waals surface area contributed by atoms with Crippen LogP contribution in [0.5, 0.6) is 5.75 Å². The molecule has 3 saturated heterocycles. The van der Waals surface area contributed by atoms with Crippen molar-refractivity contribution < 1.29 is 42.6 Å². The van der Waals surface area contributed by atoms with Crippen molar-refractivity contribution in [1.29, 1.82) is 0 Å². The first-order valence-electron chi connectivity index (χ1n) is 14.0. The number of hydroxylamine groups is 1. The van der Waals surface area contributed by atoms with Crippen LogP contribution >= 0.6 is 0 Å². The molecular weight excluding hydrogens is 548 g/mol. The van der Waals surface area contributed by atoms with Crippen LogP contribution in [-0.4, -0.2) is 81.1 Å². The number of ether oxygens (including phenoxy) is 4. The summed E-state index contributed by atoms with van der Waals surface area (Å²) < 4.78 is 30.4. The summed E-state index contributed by atoms with van der Waals surface area (Å²) in [7, 11) is -1.19. The van der Waals surface area contributed by atoms with Crippen molar-refractivity contribution in [1.82, 2.24) is 4.90 Å². The third-order valence-electron chi connectivity index (χ3n) is 8.78. The molecule has 0 radical (unpaired) electrons. The van der Waals surface area contributed by atoms with Gasteiger partial charge in [-0.1, -0.05) is 20.8 Å². The molecule has 4 heterocycles. The molecule has 0 N–H and O–H groups in total. The maximum atomic E-state index is 13.5. The van der Waals surface area contributed by atoms with Crippen molar-refractivity contribution in [3.63, 3.8) is 0 Å². The van der Waals surface area contributed by atoms with Gasteiger partial charge < -0.3 is 28.2 Å². The van der Waals surface area contributed by atoms with Gasteiger partial charge >= 0.3 is 12.1 Å². The zero-order valence-corrected chi connectivity index (χ0v) is 26.9. The molecule has 1 aromatic carbocycles. The number of anilines is 1. The Labute approximate surface area is 242 Å². The van der Waals surface area contributed by atoms with Gasteiger partial charge in [-0.3, -0.25) is 4.90 Å². The fraction of sp³-hybridized carbons (Fsp3) is 0.690. The summed E-state index contributed by atoms with van der Waals surface area (Å²) in [5, 5.41) is 1.42. The summed E-state index contributed by atoms with van der Waals surface area (Å²) in [6.45, 7) is 19.6. The molecule has 0 aromatic heterocycles. The van der Waals surface area contributed by atoms with Crippen molar-refractivity contribution in [3.05, 3.63) is 23.3 Å². The number of carbonyl (C=O) groups is 3. The number of esters is 1. The molecule has 1 spiro atoms. The van der Waals surface area contributed by atoms with Crippen molar-refractivity contribution >= 4 is 32.4 Å². The van der Waals surface area contributed by atoms with Gasteiger partial charge in [0.05, 0.1) is 37.6 Å². The van der Waals surface area contributed by atoms with Crippen LogP contribution in [-0.2, 0) is 34.0 Å². The first-order chi connectivity index (χ1) is 18.7. The van der Waals surface area contributed by atoms with Gasteiger partial charge in [0.25, 0.3) is 0 Å². The molecule has 0 aliphatic carbocycles. The third-order valence-corrected chi connectivity index (χ3v) is 13.1. The average molecular weight is 591 g/mol. The molecule has 2 bridgehead atoms. The third kappa shape index (κ3) is 4.45.